The molecule has 0 aliphatic heterocycles. The highest BCUT2D eigenvalue weighted by Gasteiger charge is 2.19. The monoisotopic (exact) mass is 410 g/mol. The van der Waals surface area contributed by atoms with Gasteiger partial charge in [-0.3, -0.25) is 14.4 Å². The summed E-state index contributed by atoms with van der Waals surface area (Å²) in [6.45, 7) is 11.3. The van der Waals surface area contributed by atoms with Crippen LogP contribution in [0.15, 0.2) is 42.5 Å². The number of esters is 1. The van der Waals surface area contributed by atoms with Crippen LogP contribution in [-0.4, -0.2) is 30.4 Å². The van der Waals surface area contributed by atoms with Crippen LogP contribution in [0.1, 0.15) is 54.7 Å². The van der Waals surface area contributed by atoms with Crippen molar-refractivity contribution in [3.63, 3.8) is 0 Å². The number of nitrogens with one attached hydrogen (secondary N) is 2. The number of amides is 2. The van der Waals surface area contributed by atoms with Gasteiger partial charge in [0.05, 0.1) is 0 Å². The van der Waals surface area contributed by atoms with E-state index in [1.165, 1.54) is 6.92 Å². The number of hydrogen-bond acceptors (Lipinski definition) is 4. The second-order valence-electron chi connectivity index (χ2n) is 8.45. The van der Waals surface area contributed by atoms with Gasteiger partial charge in [-0.15, -0.1) is 0 Å². The molecule has 0 saturated carbocycles. The van der Waals surface area contributed by atoms with Gasteiger partial charge in [-0.2, -0.15) is 0 Å². The van der Waals surface area contributed by atoms with E-state index in [4.69, 9.17) is 4.74 Å². The molecule has 0 fully saturated rings. The van der Waals surface area contributed by atoms with Crippen molar-refractivity contribution >= 4 is 23.5 Å². The number of benzene rings is 2. The van der Waals surface area contributed by atoms with E-state index in [0.717, 1.165) is 16.7 Å². The molecule has 6 heteroatoms. The van der Waals surface area contributed by atoms with Crippen LogP contribution < -0.4 is 10.6 Å². The Morgan fingerprint density at radius 3 is 2.20 bits per heavy atom. The number of carbonyl (C=O) groups is 3. The second-order valence-corrected chi connectivity index (χ2v) is 8.45. The van der Waals surface area contributed by atoms with Crippen LogP contribution in [0.4, 0.5) is 5.69 Å². The van der Waals surface area contributed by atoms with E-state index in [1.54, 1.807) is 12.1 Å². The van der Waals surface area contributed by atoms with Gasteiger partial charge in [-0.25, -0.2) is 0 Å². The van der Waals surface area contributed by atoms with Gasteiger partial charge in [0.15, 0.2) is 6.10 Å². The molecule has 2 N–H and O–H groups in total. The third-order valence-electron chi connectivity index (χ3n) is 4.72. The quantitative estimate of drug-likeness (QED) is 0.708. The van der Waals surface area contributed by atoms with E-state index < -0.39 is 18.0 Å². The van der Waals surface area contributed by atoms with Crippen molar-refractivity contribution in [3.05, 3.63) is 64.7 Å². The zero-order chi connectivity index (χ0) is 22.5. The molecule has 0 aliphatic rings. The van der Waals surface area contributed by atoms with Crippen molar-refractivity contribution in [2.45, 2.75) is 53.1 Å². The first-order chi connectivity index (χ1) is 14.0. The average molecular weight is 411 g/mol. The van der Waals surface area contributed by atoms with E-state index in [1.807, 2.05) is 44.2 Å². The highest BCUT2D eigenvalue weighted by molar-refractivity contribution is 5.97. The van der Waals surface area contributed by atoms with Crippen LogP contribution in [0.25, 0.3) is 0 Å². The van der Waals surface area contributed by atoms with Crippen molar-refractivity contribution in [1.29, 1.82) is 0 Å². The molecule has 0 aromatic heterocycles. The van der Waals surface area contributed by atoms with E-state index >= 15 is 0 Å². The zero-order valence-corrected chi connectivity index (χ0v) is 18.5. The number of ether oxygens (including phenoxy) is 1. The Morgan fingerprint density at radius 1 is 1.00 bits per heavy atom. The van der Waals surface area contributed by atoms with Crippen molar-refractivity contribution < 1.29 is 19.1 Å². The van der Waals surface area contributed by atoms with Crippen molar-refractivity contribution in [2.75, 3.05) is 11.9 Å². The molecule has 6 nitrogen and oxygen atoms in total. The first-order valence-corrected chi connectivity index (χ1v) is 9.93. The summed E-state index contributed by atoms with van der Waals surface area (Å²) < 4.78 is 5.13. The van der Waals surface area contributed by atoms with E-state index in [2.05, 4.69) is 31.4 Å². The molecule has 2 rings (SSSR count). The lowest BCUT2D eigenvalue weighted by molar-refractivity contribution is -0.152. The Hall–Kier alpha value is -3.15. The summed E-state index contributed by atoms with van der Waals surface area (Å²) in [5.74, 6) is -1.49. The van der Waals surface area contributed by atoms with Gasteiger partial charge in [-0.05, 0) is 55.5 Å². The molecular formula is C24H30N2O4. The molecule has 0 spiro atoms. The summed E-state index contributed by atoms with van der Waals surface area (Å²) in [5.41, 5.74) is 4.24. The highest BCUT2D eigenvalue weighted by atomic mass is 16.5. The van der Waals surface area contributed by atoms with Crippen LogP contribution >= 0.6 is 0 Å². The molecule has 30 heavy (non-hydrogen) atoms. The fourth-order valence-electron chi connectivity index (χ4n) is 2.86. The summed E-state index contributed by atoms with van der Waals surface area (Å²) in [7, 11) is 0. The fourth-order valence-corrected chi connectivity index (χ4v) is 2.86. The first-order valence-electron chi connectivity index (χ1n) is 9.93. The Kier molecular flexibility index (Phi) is 7.38. The van der Waals surface area contributed by atoms with Gasteiger partial charge in [0.1, 0.15) is 6.54 Å². The minimum atomic E-state index is -0.985. The topological polar surface area (TPSA) is 84.5 Å². The molecule has 0 heterocycles. The predicted molar refractivity (Wildman–Crippen MR) is 118 cm³/mol. The van der Waals surface area contributed by atoms with Gasteiger partial charge < -0.3 is 15.4 Å². The summed E-state index contributed by atoms with van der Waals surface area (Å²) in [5, 5.41) is 5.27. The lowest BCUT2D eigenvalue weighted by Gasteiger charge is -2.19. The number of anilines is 1. The summed E-state index contributed by atoms with van der Waals surface area (Å²) in [4.78, 5) is 36.5. The molecule has 1 atom stereocenters. The molecule has 0 bridgehead atoms. The maximum atomic E-state index is 12.3. The van der Waals surface area contributed by atoms with Gasteiger partial charge in [-0.1, -0.05) is 50.6 Å². The van der Waals surface area contributed by atoms with Gasteiger partial charge in [0.2, 0.25) is 0 Å². The molecule has 2 aromatic rings. The number of aryl methyl sites for hydroxylation is 2. The molecule has 160 valence electrons. The Balaban J connectivity index is 1.84. The maximum absolute atomic E-state index is 12.3. The summed E-state index contributed by atoms with van der Waals surface area (Å²) in [6, 6.07) is 12.9. The SMILES string of the molecule is Cc1ccc(NC(=O)[C@H](C)OC(=O)CNC(=O)c2ccc(C(C)(C)C)cc2)c(C)c1. The van der Waals surface area contributed by atoms with E-state index in [-0.39, 0.29) is 17.9 Å². The number of carbonyl (C=O) groups excluding carboxylic acids is 3. The second kappa shape index (κ2) is 9.57. The Labute approximate surface area is 178 Å². The first kappa shape index (κ1) is 23.1. The lowest BCUT2D eigenvalue weighted by Crippen LogP contribution is -2.36. The smallest absolute Gasteiger partial charge is 0.326 e. The van der Waals surface area contributed by atoms with Gasteiger partial charge >= 0.3 is 5.97 Å². The summed E-state index contributed by atoms with van der Waals surface area (Å²) in [6.07, 6.45) is -0.985. The molecular weight excluding hydrogens is 380 g/mol. The number of rotatable bonds is 6. The van der Waals surface area contributed by atoms with Crippen LogP contribution in [0, 0.1) is 13.8 Å². The Morgan fingerprint density at radius 2 is 1.63 bits per heavy atom. The Bertz CT molecular complexity index is 927. The maximum Gasteiger partial charge on any atom is 0.326 e. The van der Waals surface area contributed by atoms with Crippen molar-refractivity contribution in [1.82, 2.24) is 5.32 Å². The largest absolute Gasteiger partial charge is 0.451 e. The fraction of sp³-hybridized carbons (Fsp3) is 0.375. The van der Waals surface area contributed by atoms with Crippen LogP contribution in [0.5, 0.6) is 0 Å². The third-order valence-corrected chi connectivity index (χ3v) is 4.72. The zero-order valence-electron chi connectivity index (χ0n) is 18.5. The number of hydrogen-bond donors (Lipinski definition) is 2. The van der Waals surface area contributed by atoms with E-state index in [9.17, 15) is 14.4 Å². The van der Waals surface area contributed by atoms with Gasteiger partial charge in [0.25, 0.3) is 11.8 Å². The standard InChI is InChI=1S/C24H30N2O4/c1-15-7-12-20(16(2)13-15)26-22(28)17(3)30-21(27)14-25-23(29)18-8-10-19(11-9-18)24(4,5)6/h7-13,17H,14H2,1-6H3,(H,25,29)(H,26,28)/t17-/m0/s1. The molecule has 0 radical (unpaired) electrons. The molecule has 0 unspecified atom stereocenters. The molecule has 2 amide bonds. The predicted octanol–water partition coefficient (Wildman–Crippen LogP) is 3.90. The molecule has 0 saturated heterocycles. The van der Waals surface area contributed by atoms with Crippen LogP contribution in [0.2, 0.25) is 0 Å². The van der Waals surface area contributed by atoms with Crippen LogP contribution in [0.3, 0.4) is 0 Å². The minimum absolute atomic E-state index is 0.00730. The lowest BCUT2D eigenvalue weighted by atomic mass is 9.87. The minimum Gasteiger partial charge on any atom is -0.451 e. The van der Waals surface area contributed by atoms with E-state index in [0.29, 0.717) is 11.3 Å². The normalized spacial score (nSPS) is 12.1. The van der Waals surface area contributed by atoms with Crippen molar-refractivity contribution in [3.8, 4) is 0 Å². The third kappa shape index (κ3) is 6.44. The van der Waals surface area contributed by atoms with Gasteiger partial charge in [0, 0.05) is 11.3 Å². The summed E-state index contributed by atoms with van der Waals surface area (Å²) >= 11 is 0. The molecule has 2 aromatic carbocycles. The highest BCUT2D eigenvalue weighted by Crippen LogP contribution is 2.22. The average Bonchev–Trinajstić information content (AvgIpc) is 2.67. The molecule has 0 aliphatic carbocycles. The van der Waals surface area contributed by atoms with Crippen LogP contribution in [-0.2, 0) is 19.7 Å². The van der Waals surface area contributed by atoms with Crippen molar-refractivity contribution in [2.24, 2.45) is 0 Å².